The van der Waals surface area contributed by atoms with Gasteiger partial charge in [0.05, 0.1) is 5.70 Å². The van der Waals surface area contributed by atoms with Gasteiger partial charge in [0.2, 0.25) is 5.84 Å². The first-order chi connectivity index (χ1) is 12.9. The van der Waals surface area contributed by atoms with Crippen LogP contribution in [0.2, 0.25) is 0 Å². The Bertz CT molecular complexity index is 761. The van der Waals surface area contributed by atoms with Crippen molar-refractivity contribution in [3.63, 3.8) is 0 Å². The zero-order valence-corrected chi connectivity index (χ0v) is 15.8. The minimum absolute atomic E-state index is 0.0203. The summed E-state index contributed by atoms with van der Waals surface area (Å²) < 4.78 is 0. The fourth-order valence-electron chi connectivity index (χ4n) is 6.73. The summed E-state index contributed by atoms with van der Waals surface area (Å²) in [6.45, 7) is 2.37. The molecule has 4 fully saturated rings. The maximum absolute atomic E-state index is 13.6. The van der Waals surface area contributed by atoms with E-state index in [-0.39, 0.29) is 17.3 Å². The van der Waals surface area contributed by atoms with Crippen molar-refractivity contribution in [3.05, 3.63) is 23.9 Å². The van der Waals surface area contributed by atoms with Crippen molar-refractivity contribution in [1.29, 1.82) is 0 Å². The van der Waals surface area contributed by atoms with Gasteiger partial charge in [0.1, 0.15) is 0 Å². The van der Waals surface area contributed by atoms with Crippen LogP contribution >= 0.6 is 0 Å². The Labute approximate surface area is 159 Å². The standard InChI is InChI=1S/C21H27N3O3/c1-2-21(16-5-3-4-6-24(16)17(22-21)18(25)26)19(27)23-20-10-13-7-14(11-20)9-15(8-13)12-20/h3-5,13-15H,2,6-12H2,1H3,(H,23,27)(H,25,26). The molecule has 1 amide bonds. The van der Waals surface area contributed by atoms with Crippen molar-refractivity contribution >= 4 is 17.7 Å². The van der Waals surface area contributed by atoms with Crippen LogP contribution in [0.5, 0.6) is 0 Å². The fourth-order valence-corrected chi connectivity index (χ4v) is 6.73. The van der Waals surface area contributed by atoms with Crippen molar-refractivity contribution in [2.45, 2.75) is 62.9 Å². The lowest BCUT2D eigenvalue weighted by Crippen LogP contribution is -2.63. The molecule has 2 heterocycles. The van der Waals surface area contributed by atoms with E-state index in [1.165, 1.54) is 19.3 Å². The highest BCUT2D eigenvalue weighted by atomic mass is 16.4. The van der Waals surface area contributed by atoms with Crippen LogP contribution in [-0.2, 0) is 9.59 Å². The van der Waals surface area contributed by atoms with Crippen molar-refractivity contribution in [3.8, 4) is 0 Å². The van der Waals surface area contributed by atoms with Gasteiger partial charge in [-0.3, -0.25) is 4.79 Å². The first kappa shape index (κ1) is 17.0. The third-order valence-corrected chi connectivity index (χ3v) is 7.44. The molecule has 0 radical (unpaired) electrons. The average molecular weight is 369 g/mol. The summed E-state index contributed by atoms with van der Waals surface area (Å²) >= 11 is 0. The number of aliphatic imine (C=N–C) groups is 1. The summed E-state index contributed by atoms with van der Waals surface area (Å²) in [5.41, 5.74) is -0.528. The van der Waals surface area contributed by atoms with E-state index in [0.717, 1.165) is 37.0 Å². The van der Waals surface area contributed by atoms with Crippen molar-refractivity contribution in [1.82, 2.24) is 10.2 Å². The molecule has 0 saturated heterocycles. The molecule has 6 rings (SSSR count). The van der Waals surface area contributed by atoms with Crippen LogP contribution in [0, 0.1) is 17.8 Å². The van der Waals surface area contributed by atoms with Crippen molar-refractivity contribution in [2.24, 2.45) is 22.7 Å². The van der Waals surface area contributed by atoms with Gasteiger partial charge >= 0.3 is 5.97 Å². The van der Waals surface area contributed by atoms with Crippen LogP contribution in [0.4, 0.5) is 0 Å². The smallest absolute Gasteiger partial charge is 0.371 e. The molecule has 0 aromatic rings. The van der Waals surface area contributed by atoms with Gasteiger partial charge in [-0.1, -0.05) is 19.1 Å². The maximum atomic E-state index is 13.6. The van der Waals surface area contributed by atoms with Crippen LogP contribution in [0.25, 0.3) is 0 Å². The number of hydrogen-bond acceptors (Lipinski definition) is 4. The Hall–Kier alpha value is -2.11. The lowest BCUT2D eigenvalue weighted by molar-refractivity contribution is -0.131. The summed E-state index contributed by atoms with van der Waals surface area (Å²) in [6, 6.07) is 0. The van der Waals surface area contributed by atoms with Gasteiger partial charge in [0.25, 0.3) is 5.91 Å². The molecule has 6 aliphatic rings. The molecule has 144 valence electrons. The van der Waals surface area contributed by atoms with Gasteiger partial charge in [-0.2, -0.15) is 0 Å². The minimum atomic E-state index is -1.12. The second-order valence-electron chi connectivity index (χ2n) is 9.20. The van der Waals surface area contributed by atoms with Crippen LogP contribution in [-0.4, -0.2) is 45.3 Å². The molecule has 4 aliphatic carbocycles. The van der Waals surface area contributed by atoms with E-state index in [2.05, 4.69) is 10.3 Å². The molecule has 1 unspecified atom stereocenters. The topological polar surface area (TPSA) is 82.0 Å². The summed E-state index contributed by atoms with van der Waals surface area (Å²) in [7, 11) is 0. The highest BCUT2D eigenvalue weighted by Gasteiger charge is 2.56. The predicted octanol–water partition coefficient (Wildman–Crippen LogP) is 2.47. The maximum Gasteiger partial charge on any atom is 0.371 e. The van der Waals surface area contributed by atoms with E-state index in [9.17, 15) is 14.7 Å². The van der Waals surface area contributed by atoms with Crippen LogP contribution < -0.4 is 5.32 Å². The molecule has 6 nitrogen and oxygen atoms in total. The molecule has 1 atom stereocenters. The normalized spacial score (nSPS) is 41.2. The molecule has 27 heavy (non-hydrogen) atoms. The van der Waals surface area contributed by atoms with Gasteiger partial charge in [-0.15, -0.1) is 0 Å². The molecular weight excluding hydrogens is 342 g/mol. The highest BCUT2D eigenvalue weighted by Crippen LogP contribution is 2.56. The number of rotatable bonds is 4. The number of fused-ring (bicyclic) bond motifs is 1. The van der Waals surface area contributed by atoms with Gasteiger partial charge < -0.3 is 15.3 Å². The Kier molecular flexibility index (Phi) is 3.59. The number of carbonyl (C=O) groups excluding carboxylic acids is 1. The fraction of sp³-hybridized carbons (Fsp3) is 0.667. The van der Waals surface area contributed by atoms with Crippen molar-refractivity contribution in [2.75, 3.05) is 6.54 Å². The summed E-state index contributed by atoms with van der Waals surface area (Å²) in [4.78, 5) is 31.5. The molecule has 0 spiro atoms. The third-order valence-electron chi connectivity index (χ3n) is 7.44. The zero-order valence-electron chi connectivity index (χ0n) is 15.8. The minimum Gasteiger partial charge on any atom is -0.475 e. The predicted molar refractivity (Wildman–Crippen MR) is 101 cm³/mol. The third kappa shape index (κ3) is 2.41. The Balaban J connectivity index is 1.48. The number of allylic oxidation sites excluding steroid dienone is 2. The van der Waals surface area contributed by atoms with E-state index in [1.54, 1.807) is 4.90 Å². The van der Waals surface area contributed by atoms with E-state index in [0.29, 0.717) is 18.7 Å². The Morgan fingerprint density at radius 1 is 1.22 bits per heavy atom. The molecule has 0 aromatic heterocycles. The van der Waals surface area contributed by atoms with Gasteiger partial charge in [-0.25, -0.2) is 9.79 Å². The van der Waals surface area contributed by atoms with Crippen LogP contribution in [0.3, 0.4) is 0 Å². The molecule has 2 aliphatic heterocycles. The monoisotopic (exact) mass is 369 g/mol. The molecule has 4 bridgehead atoms. The molecule has 4 saturated carbocycles. The number of carboxylic acid groups (broad SMARTS) is 1. The summed E-state index contributed by atoms with van der Waals surface area (Å²) in [5.74, 6) is 1.01. The van der Waals surface area contributed by atoms with Crippen molar-refractivity contribution < 1.29 is 14.7 Å². The Morgan fingerprint density at radius 3 is 2.41 bits per heavy atom. The number of amidine groups is 1. The SMILES string of the molecule is CCC1(C(=O)NC23CC4CC(CC(C4)C2)C3)N=C(C(=O)O)N2CC=CC=C21. The number of aliphatic carboxylic acids is 1. The van der Waals surface area contributed by atoms with E-state index in [1.807, 2.05) is 25.2 Å². The molecule has 6 heteroatoms. The summed E-state index contributed by atoms with van der Waals surface area (Å²) in [5, 5.41) is 13.0. The first-order valence-electron chi connectivity index (χ1n) is 10.3. The summed E-state index contributed by atoms with van der Waals surface area (Å²) in [6.07, 6.45) is 13.3. The van der Waals surface area contributed by atoms with Gasteiger partial charge in [0, 0.05) is 12.1 Å². The van der Waals surface area contributed by atoms with E-state index < -0.39 is 11.5 Å². The Morgan fingerprint density at radius 2 is 1.85 bits per heavy atom. The quantitative estimate of drug-likeness (QED) is 0.798. The van der Waals surface area contributed by atoms with Gasteiger partial charge in [-0.05, 0) is 68.8 Å². The lowest BCUT2D eigenvalue weighted by atomic mass is 9.53. The number of carboxylic acids is 1. The number of amides is 1. The number of nitrogens with zero attached hydrogens (tertiary/aromatic N) is 2. The number of hydrogen-bond donors (Lipinski definition) is 2. The van der Waals surface area contributed by atoms with E-state index in [4.69, 9.17) is 0 Å². The van der Waals surface area contributed by atoms with E-state index >= 15 is 0 Å². The number of nitrogens with one attached hydrogen (secondary N) is 1. The molecule has 0 aromatic carbocycles. The molecular formula is C21H27N3O3. The van der Waals surface area contributed by atoms with Crippen LogP contribution in [0.1, 0.15) is 51.9 Å². The van der Waals surface area contributed by atoms with Gasteiger partial charge in [0.15, 0.2) is 5.54 Å². The zero-order chi connectivity index (χ0) is 18.8. The molecule has 2 N–H and O–H groups in total. The van der Waals surface area contributed by atoms with Crippen LogP contribution in [0.15, 0.2) is 28.9 Å². The highest BCUT2D eigenvalue weighted by molar-refractivity contribution is 6.36. The number of carbonyl (C=O) groups is 2. The second-order valence-corrected chi connectivity index (χ2v) is 9.20. The lowest BCUT2D eigenvalue weighted by Gasteiger charge is -2.57. The average Bonchev–Trinajstić information content (AvgIpc) is 2.96. The second kappa shape index (κ2) is 5.69. The first-order valence-corrected chi connectivity index (χ1v) is 10.3. The largest absolute Gasteiger partial charge is 0.475 e.